The van der Waals surface area contributed by atoms with Crippen LogP contribution in [0.25, 0.3) is 11.2 Å². The largest absolute Gasteiger partial charge is 0.327 e. The van der Waals surface area contributed by atoms with Gasteiger partial charge < -0.3 is 4.57 Å². The molecular formula is C8H9N4O2. The maximum atomic E-state index is 11.3. The molecule has 0 fully saturated rings. The van der Waals surface area contributed by atoms with Gasteiger partial charge in [-0.25, -0.2) is 9.78 Å². The summed E-state index contributed by atoms with van der Waals surface area (Å²) >= 11 is 0. The third-order valence-corrected chi connectivity index (χ3v) is 1.91. The molecule has 0 aliphatic rings. The molecule has 2 aromatic heterocycles. The van der Waals surface area contributed by atoms with Crippen LogP contribution in [0.5, 0.6) is 0 Å². The van der Waals surface area contributed by atoms with Crippen molar-refractivity contribution in [2.75, 3.05) is 0 Å². The number of imidazole rings is 1. The summed E-state index contributed by atoms with van der Waals surface area (Å²) in [5.74, 6) is 0. The van der Waals surface area contributed by atoms with E-state index in [1.165, 1.54) is 6.33 Å². The lowest BCUT2D eigenvalue weighted by Crippen LogP contribution is -2.22. The summed E-state index contributed by atoms with van der Waals surface area (Å²) in [6, 6.07) is 0. The van der Waals surface area contributed by atoms with Crippen LogP contribution in [0, 0.1) is 6.92 Å². The van der Waals surface area contributed by atoms with Gasteiger partial charge in [0.2, 0.25) is 0 Å². The lowest BCUT2D eigenvalue weighted by Gasteiger charge is -1.98. The highest BCUT2D eigenvalue weighted by molar-refractivity contribution is 5.68. The summed E-state index contributed by atoms with van der Waals surface area (Å²) in [6.45, 7) is 4.31. The van der Waals surface area contributed by atoms with Crippen molar-refractivity contribution < 1.29 is 0 Å². The van der Waals surface area contributed by atoms with Crippen LogP contribution < -0.4 is 11.2 Å². The van der Waals surface area contributed by atoms with Gasteiger partial charge in [0.05, 0.1) is 6.33 Å². The summed E-state index contributed by atoms with van der Waals surface area (Å²) in [5, 5.41) is 0. The molecule has 0 saturated heterocycles. The van der Waals surface area contributed by atoms with Crippen molar-refractivity contribution >= 4 is 11.2 Å². The Bertz CT molecular complexity index is 562. The monoisotopic (exact) mass is 193 g/mol. The Kier molecular flexibility index (Phi) is 1.95. The predicted molar refractivity (Wildman–Crippen MR) is 50.9 cm³/mol. The highest BCUT2D eigenvalue weighted by Gasteiger charge is 2.06. The van der Waals surface area contributed by atoms with Crippen molar-refractivity contribution in [3.05, 3.63) is 34.1 Å². The van der Waals surface area contributed by atoms with Gasteiger partial charge in [-0.05, 0) is 6.42 Å². The van der Waals surface area contributed by atoms with Crippen LogP contribution in [0.15, 0.2) is 15.9 Å². The summed E-state index contributed by atoms with van der Waals surface area (Å²) in [4.78, 5) is 30.8. The van der Waals surface area contributed by atoms with Gasteiger partial charge in [0.15, 0.2) is 5.52 Å². The molecule has 0 spiro atoms. The molecule has 0 aromatic carbocycles. The highest BCUT2D eigenvalue weighted by Crippen LogP contribution is 2.02. The fourth-order valence-corrected chi connectivity index (χ4v) is 1.32. The van der Waals surface area contributed by atoms with Gasteiger partial charge in [-0.3, -0.25) is 14.8 Å². The summed E-state index contributed by atoms with van der Waals surface area (Å²) in [7, 11) is 0. The number of rotatable bonds is 2. The van der Waals surface area contributed by atoms with Gasteiger partial charge in [-0.1, -0.05) is 6.92 Å². The first-order chi connectivity index (χ1) is 6.72. The number of hydrogen-bond acceptors (Lipinski definition) is 3. The zero-order valence-corrected chi connectivity index (χ0v) is 7.41. The zero-order chi connectivity index (χ0) is 10.1. The maximum Gasteiger partial charge on any atom is 0.327 e. The third kappa shape index (κ3) is 1.24. The second kappa shape index (κ2) is 3.13. The lowest BCUT2D eigenvalue weighted by atomic mass is 10.4. The van der Waals surface area contributed by atoms with Gasteiger partial charge in [0, 0.05) is 6.54 Å². The first-order valence-corrected chi connectivity index (χ1v) is 4.19. The van der Waals surface area contributed by atoms with Gasteiger partial charge in [0.1, 0.15) is 5.65 Å². The van der Waals surface area contributed by atoms with Gasteiger partial charge >= 0.3 is 5.69 Å². The zero-order valence-electron chi connectivity index (χ0n) is 7.41. The lowest BCUT2D eigenvalue weighted by molar-refractivity contribution is 0.720. The van der Waals surface area contributed by atoms with E-state index in [1.54, 1.807) is 4.57 Å². The molecule has 2 rings (SSSR count). The van der Waals surface area contributed by atoms with Crippen molar-refractivity contribution in [3.63, 3.8) is 0 Å². The fourth-order valence-electron chi connectivity index (χ4n) is 1.32. The molecule has 0 atom stereocenters. The van der Waals surface area contributed by atoms with Crippen molar-refractivity contribution in [1.29, 1.82) is 0 Å². The minimum Gasteiger partial charge on any atom is -0.317 e. The Balaban J connectivity index is 2.79. The second-order valence-corrected chi connectivity index (χ2v) is 2.90. The molecule has 73 valence electrons. The van der Waals surface area contributed by atoms with Crippen molar-refractivity contribution in [1.82, 2.24) is 19.5 Å². The van der Waals surface area contributed by atoms with Crippen molar-refractivity contribution in [2.24, 2.45) is 0 Å². The number of H-pyrrole nitrogens is 2. The smallest absolute Gasteiger partial charge is 0.317 e. The SMILES string of the molecule is [CH2]CCn1cnc2c(=O)[nH]c(=O)[nH]c21. The van der Waals surface area contributed by atoms with Gasteiger partial charge in [-0.15, -0.1) is 0 Å². The molecule has 2 N–H and O–H groups in total. The molecule has 2 aromatic rings. The Morgan fingerprint density at radius 2 is 2.21 bits per heavy atom. The van der Waals surface area contributed by atoms with Crippen molar-refractivity contribution in [3.8, 4) is 0 Å². The molecule has 6 heteroatoms. The minimum absolute atomic E-state index is 0.248. The van der Waals surface area contributed by atoms with E-state index in [-0.39, 0.29) is 5.52 Å². The quantitative estimate of drug-likeness (QED) is 0.683. The van der Waals surface area contributed by atoms with E-state index >= 15 is 0 Å². The molecule has 0 saturated carbocycles. The Morgan fingerprint density at radius 1 is 1.43 bits per heavy atom. The molecule has 0 bridgehead atoms. The molecule has 2 heterocycles. The Hall–Kier alpha value is -1.85. The number of aromatic amines is 2. The fraction of sp³-hybridized carbons (Fsp3) is 0.250. The van der Waals surface area contributed by atoms with E-state index in [9.17, 15) is 9.59 Å². The first-order valence-electron chi connectivity index (χ1n) is 4.19. The summed E-state index contributed by atoms with van der Waals surface area (Å²) < 4.78 is 1.69. The number of nitrogens with one attached hydrogen (secondary N) is 2. The second-order valence-electron chi connectivity index (χ2n) is 2.90. The molecular weight excluding hydrogens is 184 g/mol. The molecule has 14 heavy (non-hydrogen) atoms. The van der Waals surface area contributed by atoms with E-state index in [1.807, 2.05) is 0 Å². The van der Waals surface area contributed by atoms with E-state index in [0.29, 0.717) is 18.6 Å². The molecule has 6 nitrogen and oxygen atoms in total. The Morgan fingerprint density at radius 3 is 2.93 bits per heavy atom. The van der Waals surface area contributed by atoms with Crippen molar-refractivity contribution in [2.45, 2.75) is 13.0 Å². The van der Waals surface area contributed by atoms with Crippen LogP contribution >= 0.6 is 0 Å². The first kappa shape index (κ1) is 8.74. The highest BCUT2D eigenvalue weighted by atomic mass is 16.2. The minimum atomic E-state index is -0.520. The third-order valence-electron chi connectivity index (χ3n) is 1.91. The average Bonchev–Trinajstić information content (AvgIpc) is 2.49. The number of fused-ring (bicyclic) bond motifs is 1. The maximum absolute atomic E-state index is 11.3. The number of aromatic nitrogens is 4. The van der Waals surface area contributed by atoms with E-state index in [0.717, 1.165) is 0 Å². The van der Waals surface area contributed by atoms with Gasteiger partial charge in [0.25, 0.3) is 5.56 Å². The van der Waals surface area contributed by atoms with E-state index in [2.05, 4.69) is 21.9 Å². The topological polar surface area (TPSA) is 83.5 Å². The van der Waals surface area contributed by atoms with Crippen LogP contribution in [-0.4, -0.2) is 19.5 Å². The number of aryl methyl sites for hydroxylation is 1. The summed E-state index contributed by atoms with van der Waals surface area (Å²) in [6.07, 6.45) is 2.18. The molecule has 0 aliphatic carbocycles. The van der Waals surface area contributed by atoms with Crippen LogP contribution in [0.3, 0.4) is 0 Å². The van der Waals surface area contributed by atoms with E-state index < -0.39 is 11.2 Å². The standard InChI is InChI=1S/C8H9N4O2/c1-2-3-12-4-9-5-6(12)10-8(14)11-7(5)13/h4H,1-3H2,(H2,10,11,13,14). The molecule has 0 amide bonds. The van der Waals surface area contributed by atoms with Gasteiger partial charge in [-0.2, -0.15) is 0 Å². The predicted octanol–water partition coefficient (Wildman–Crippen LogP) is -0.363. The van der Waals surface area contributed by atoms with Crippen LogP contribution in [0.2, 0.25) is 0 Å². The average molecular weight is 193 g/mol. The normalized spacial score (nSPS) is 10.9. The number of nitrogens with zero attached hydrogens (tertiary/aromatic N) is 2. The summed E-state index contributed by atoms with van der Waals surface area (Å²) in [5.41, 5.74) is -0.291. The molecule has 0 aliphatic heterocycles. The van der Waals surface area contributed by atoms with Crippen LogP contribution in [0.4, 0.5) is 0 Å². The van der Waals surface area contributed by atoms with E-state index in [4.69, 9.17) is 0 Å². The van der Waals surface area contributed by atoms with Crippen LogP contribution in [0.1, 0.15) is 6.42 Å². The molecule has 1 radical (unpaired) electrons. The molecule has 0 unspecified atom stereocenters. The Labute approximate surface area is 78.6 Å². The number of hydrogen-bond donors (Lipinski definition) is 2. The van der Waals surface area contributed by atoms with Crippen LogP contribution in [-0.2, 0) is 6.54 Å².